The highest BCUT2D eigenvalue weighted by atomic mass is 32.1. The molecule has 12 rings (SSSR count). The van der Waals surface area contributed by atoms with E-state index in [1.807, 2.05) is 17.5 Å². The molecule has 380 valence electrons. The molecule has 0 saturated heterocycles. The first-order valence-corrected chi connectivity index (χ1v) is 27.7. The summed E-state index contributed by atoms with van der Waals surface area (Å²) in [5.74, 6) is 2.38. The van der Waals surface area contributed by atoms with Crippen molar-refractivity contribution in [2.24, 2.45) is 0 Å². The van der Waals surface area contributed by atoms with Crippen molar-refractivity contribution in [1.29, 1.82) is 0 Å². The Morgan fingerprint density at radius 3 is 1.82 bits per heavy atom. The smallest absolute Gasteiger partial charge is 0.138 e. The monoisotopic (exact) mass is 1010 g/mol. The number of aromatic nitrogens is 2. The van der Waals surface area contributed by atoms with Crippen LogP contribution in [0.5, 0.6) is 11.5 Å². The lowest BCUT2D eigenvalue weighted by atomic mass is 9.77. The van der Waals surface area contributed by atoms with E-state index in [2.05, 4.69) is 273 Å². The minimum Gasteiger partial charge on any atom is -0.457 e. The van der Waals surface area contributed by atoms with Gasteiger partial charge in [0.1, 0.15) is 24.0 Å². The van der Waals surface area contributed by atoms with Gasteiger partial charge in [0.25, 0.3) is 0 Å². The number of benzene rings is 8. The molecule has 0 unspecified atom stereocenters. The van der Waals surface area contributed by atoms with Gasteiger partial charge in [-0.3, -0.25) is 4.57 Å². The Morgan fingerprint density at radius 1 is 0.447 bits per heavy atom. The molecule has 0 radical (unpaired) electrons. The van der Waals surface area contributed by atoms with Crippen LogP contribution >= 0.6 is 11.3 Å². The molecule has 0 aliphatic carbocycles. The quantitative estimate of drug-likeness (QED) is 0.159. The molecule has 6 heteroatoms. The molecule has 3 aromatic heterocycles. The number of pyridine rings is 1. The molecular weight excluding hydrogens is 945 g/mol. The molecule has 8 aromatic carbocycles. The minimum atomic E-state index is -0.0787. The number of ether oxygens (including phenoxy) is 1. The zero-order chi connectivity index (χ0) is 53.1. The van der Waals surface area contributed by atoms with Crippen molar-refractivity contribution in [1.82, 2.24) is 9.55 Å². The Balaban J connectivity index is 0.981. The highest BCUT2D eigenvalue weighted by Crippen LogP contribution is 2.49. The van der Waals surface area contributed by atoms with Crippen LogP contribution in [0.15, 0.2) is 182 Å². The van der Waals surface area contributed by atoms with E-state index in [9.17, 15) is 0 Å². The summed E-state index contributed by atoms with van der Waals surface area (Å²) in [5.41, 5.74) is 16.8. The first-order valence-electron chi connectivity index (χ1n) is 26.9. The maximum absolute atomic E-state index is 7.00. The van der Waals surface area contributed by atoms with Gasteiger partial charge >= 0.3 is 0 Å². The van der Waals surface area contributed by atoms with E-state index in [-0.39, 0.29) is 21.7 Å². The standard InChI is InChI=1S/C70H68N4OS/c1-67(2,3)45-30-32-52(58(40-45)70(10,11)12)44-34-35-71-64(36-44)74-61-28-19-23-54(56-25-18-24-55-53-22-13-16-29-63(53)76-66(55)56)65(61)57-33-31-51(42-62(57)74)75-50-21-17-20-48(41-50)72-43-73(60-27-15-14-26-59(60)72)49-38-46(68(4,5)6)37-47(39-49)69(7,8)9/h13-42H,43H2,1-12H3. The lowest BCUT2D eigenvalue weighted by Gasteiger charge is -2.29. The molecule has 5 nitrogen and oxygen atoms in total. The first-order chi connectivity index (χ1) is 36.2. The lowest BCUT2D eigenvalue weighted by Crippen LogP contribution is -2.25. The second-order valence-electron chi connectivity index (χ2n) is 25.0. The third-order valence-electron chi connectivity index (χ3n) is 15.5. The van der Waals surface area contributed by atoms with E-state index in [1.54, 1.807) is 0 Å². The summed E-state index contributed by atoms with van der Waals surface area (Å²) in [7, 11) is 0. The van der Waals surface area contributed by atoms with Crippen molar-refractivity contribution in [2.75, 3.05) is 16.5 Å². The van der Waals surface area contributed by atoms with Gasteiger partial charge in [0, 0.05) is 66.2 Å². The summed E-state index contributed by atoms with van der Waals surface area (Å²) in [4.78, 5) is 10.1. The maximum atomic E-state index is 7.00. The molecule has 11 aromatic rings. The van der Waals surface area contributed by atoms with E-state index in [0.29, 0.717) is 6.67 Å². The Bertz CT molecular complexity index is 4040. The normalized spacial score (nSPS) is 13.4. The van der Waals surface area contributed by atoms with E-state index in [1.165, 1.54) is 81.6 Å². The van der Waals surface area contributed by atoms with Crippen LogP contribution in [0.4, 0.5) is 22.7 Å². The molecule has 4 heterocycles. The Kier molecular flexibility index (Phi) is 11.6. The van der Waals surface area contributed by atoms with Crippen molar-refractivity contribution >= 4 is 76.1 Å². The molecule has 0 amide bonds. The number of nitrogens with zero attached hydrogens (tertiary/aromatic N) is 4. The zero-order valence-corrected chi connectivity index (χ0v) is 46.9. The summed E-state index contributed by atoms with van der Waals surface area (Å²) in [6.45, 7) is 28.3. The van der Waals surface area contributed by atoms with Crippen LogP contribution < -0.4 is 14.5 Å². The number of hydrogen-bond donors (Lipinski definition) is 0. The molecule has 0 saturated carbocycles. The Morgan fingerprint density at radius 2 is 1.09 bits per heavy atom. The van der Waals surface area contributed by atoms with Gasteiger partial charge in [-0.25, -0.2) is 4.98 Å². The van der Waals surface area contributed by atoms with Crippen LogP contribution in [-0.2, 0) is 21.7 Å². The van der Waals surface area contributed by atoms with Gasteiger partial charge in [-0.1, -0.05) is 174 Å². The predicted molar refractivity (Wildman–Crippen MR) is 326 cm³/mol. The number of para-hydroxylation sites is 2. The SMILES string of the molecule is CC(C)(C)c1cc(N2CN(c3cccc(Oc4ccc5c6c(-c7cccc8c7sc7ccccc78)cccc6n(-c6cc(-c7ccc(C(C)(C)C)cc7C(C)(C)C)ccn6)c5c4)c3)c3ccccc32)cc(C(C)(C)C)c1. The topological polar surface area (TPSA) is 33.5 Å². The van der Waals surface area contributed by atoms with Crippen molar-refractivity contribution in [2.45, 2.75) is 105 Å². The zero-order valence-electron chi connectivity index (χ0n) is 46.1. The van der Waals surface area contributed by atoms with E-state index >= 15 is 0 Å². The van der Waals surface area contributed by atoms with E-state index in [0.717, 1.165) is 45.0 Å². The molecule has 0 N–H and O–H groups in total. The van der Waals surface area contributed by atoms with E-state index in [4.69, 9.17) is 9.72 Å². The van der Waals surface area contributed by atoms with Crippen molar-refractivity contribution in [3.8, 4) is 39.6 Å². The van der Waals surface area contributed by atoms with Crippen molar-refractivity contribution in [3.63, 3.8) is 0 Å². The molecular formula is C70H68N4OS. The summed E-state index contributed by atoms with van der Waals surface area (Å²) in [5, 5.41) is 4.91. The third kappa shape index (κ3) is 8.71. The van der Waals surface area contributed by atoms with Gasteiger partial charge in [0.05, 0.1) is 22.4 Å². The minimum absolute atomic E-state index is 0.00417. The van der Waals surface area contributed by atoms with Crippen molar-refractivity contribution < 1.29 is 4.74 Å². The highest BCUT2D eigenvalue weighted by molar-refractivity contribution is 7.26. The van der Waals surface area contributed by atoms with Gasteiger partial charge in [-0.2, -0.15) is 0 Å². The highest BCUT2D eigenvalue weighted by Gasteiger charge is 2.31. The van der Waals surface area contributed by atoms with Crippen LogP contribution in [0.1, 0.15) is 105 Å². The summed E-state index contributed by atoms with van der Waals surface area (Å²) in [6, 6.07) is 64.8. The molecule has 0 spiro atoms. The largest absolute Gasteiger partial charge is 0.457 e. The number of anilines is 4. The average Bonchev–Trinajstić information content (AvgIpc) is 4.11. The fourth-order valence-corrected chi connectivity index (χ4v) is 12.5. The number of thiophene rings is 1. The van der Waals surface area contributed by atoms with Crippen LogP contribution in [0.2, 0.25) is 0 Å². The fourth-order valence-electron chi connectivity index (χ4n) is 11.3. The van der Waals surface area contributed by atoms with Crippen LogP contribution in [0.3, 0.4) is 0 Å². The second kappa shape index (κ2) is 18.0. The summed E-state index contributed by atoms with van der Waals surface area (Å²) in [6.07, 6.45) is 1.97. The van der Waals surface area contributed by atoms with Gasteiger partial charge < -0.3 is 14.5 Å². The molecule has 0 fully saturated rings. The first kappa shape index (κ1) is 49.2. The molecule has 0 bridgehead atoms. The summed E-state index contributed by atoms with van der Waals surface area (Å²) < 4.78 is 11.9. The van der Waals surface area contributed by atoms with Gasteiger partial charge in [-0.15, -0.1) is 11.3 Å². The van der Waals surface area contributed by atoms with Gasteiger partial charge in [0.15, 0.2) is 0 Å². The molecule has 1 aliphatic rings. The predicted octanol–water partition coefficient (Wildman–Crippen LogP) is 20.1. The number of rotatable bonds is 7. The van der Waals surface area contributed by atoms with E-state index < -0.39 is 0 Å². The van der Waals surface area contributed by atoms with Crippen molar-refractivity contribution in [3.05, 3.63) is 204 Å². The average molecular weight is 1010 g/mol. The summed E-state index contributed by atoms with van der Waals surface area (Å²) >= 11 is 1.87. The van der Waals surface area contributed by atoms with Crippen LogP contribution in [0.25, 0.3) is 70.0 Å². The molecule has 76 heavy (non-hydrogen) atoms. The second-order valence-corrected chi connectivity index (χ2v) is 26.1. The lowest BCUT2D eigenvalue weighted by molar-refractivity contribution is 0.483. The van der Waals surface area contributed by atoms with Crippen LogP contribution in [-0.4, -0.2) is 16.2 Å². The van der Waals surface area contributed by atoms with Crippen LogP contribution in [0, 0.1) is 0 Å². The number of fused-ring (bicyclic) bond motifs is 7. The fraction of sp³-hybridized carbons (Fsp3) is 0.243. The molecule has 1 aliphatic heterocycles. The third-order valence-corrected chi connectivity index (χ3v) is 16.7. The molecule has 0 atom stereocenters. The maximum Gasteiger partial charge on any atom is 0.138 e. The Labute approximate surface area is 453 Å². The van der Waals surface area contributed by atoms with Gasteiger partial charge in [-0.05, 0) is 133 Å². The van der Waals surface area contributed by atoms with Gasteiger partial charge in [0.2, 0.25) is 0 Å². The Hall–Kier alpha value is -7.67. The number of hydrogen-bond acceptors (Lipinski definition) is 5.